The minimum atomic E-state index is -0.676. The van der Waals surface area contributed by atoms with Gasteiger partial charge in [-0.05, 0) is 46.6 Å². The van der Waals surface area contributed by atoms with E-state index in [0.717, 1.165) is 12.8 Å². The quantitative estimate of drug-likeness (QED) is 0.223. The number of carbonyl (C=O) groups is 1. The third-order valence-electron chi connectivity index (χ3n) is 3.19. The smallest absolute Gasteiger partial charge is 0.343 e. The molecule has 6 nitrogen and oxygen atoms in total. The van der Waals surface area contributed by atoms with Crippen LogP contribution in [0.5, 0.6) is 11.5 Å². The molecule has 0 saturated heterocycles. The number of esters is 1. The highest BCUT2D eigenvalue weighted by atomic mass is 79.9. The minimum absolute atomic E-state index is 0.0908. The average molecular weight is 394 g/mol. The molecule has 126 valence electrons. The molecule has 0 radical (unpaired) electrons. The molecular weight excluding hydrogens is 378 g/mol. The van der Waals surface area contributed by atoms with Crippen molar-refractivity contribution in [1.82, 2.24) is 0 Å². The first-order valence-electron chi connectivity index (χ1n) is 7.41. The second-order valence-corrected chi connectivity index (χ2v) is 5.82. The number of halogens is 1. The van der Waals surface area contributed by atoms with Crippen molar-refractivity contribution >= 4 is 27.6 Å². The molecule has 0 aliphatic carbocycles. The van der Waals surface area contributed by atoms with E-state index >= 15 is 0 Å². The molecular formula is C17H16BrNO5. The van der Waals surface area contributed by atoms with Crippen molar-refractivity contribution < 1.29 is 19.2 Å². The predicted molar refractivity (Wildman–Crippen MR) is 92.6 cm³/mol. The highest BCUT2D eigenvalue weighted by molar-refractivity contribution is 9.10. The summed E-state index contributed by atoms with van der Waals surface area (Å²) in [5, 5.41) is 11.0. The minimum Gasteiger partial charge on any atom is -0.492 e. The first kappa shape index (κ1) is 17.9. The summed E-state index contributed by atoms with van der Waals surface area (Å²) < 4.78 is 11.4. The van der Waals surface area contributed by atoms with Gasteiger partial charge in [0.1, 0.15) is 5.75 Å². The van der Waals surface area contributed by atoms with Crippen molar-refractivity contribution in [1.29, 1.82) is 0 Å². The molecule has 2 aromatic rings. The van der Waals surface area contributed by atoms with Gasteiger partial charge < -0.3 is 9.47 Å². The summed E-state index contributed by atoms with van der Waals surface area (Å²) in [5.41, 5.74) is 0.00676. The van der Waals surface area contributed by atoms with Crippen LogP contribution in [0.4, 0.5) is 5.69 Å². The third-order valence-corrected chi connectivity index (χ3v) is 3.81. The zero-order valence-electron chi connectivity index (χ0n) is 13.0. The van der Waals surface area contributed by atoms with E-state index in [1.807, 2.05) is 0 Å². The van der Waals surface area contributed by atoms with Gasteiger partial charge in [0.25, 0.3) is 0 Å². The van der Waals surface area contributed by atoms with Crippen molar-refractivity contribution in [2.24, 2.45) is 0 Å². The Morgan fingerprint density at radius 2 is 1.96 bits per heavy atom. The van der Waals surface area contributed by atoms with Crippen molar-refractivity contribution in [3.8, 4) is 11.5 Å². The van der Waals surface area contributed by atoms with Gasteiger partial charge in [-0.25, -0.2) is 4.79 Å². The topological polar surface area (TPSA) is 78.7 Å². The van der Waals surface area contributed by atoms with E-state index in [9.17, 15) is 14.9 Å². The predicted octanol–water partition coefficient (Wildman–Crippen LogP) is 4.76. The Bertz CT molecular complexity index is 748. The van der Waals surface area contributed by atoms with Crippen LogP contribution in [0.25, 0.3) is 0 Å². The number of nitro groups is 1. The first-order valence-corrected chi connectivity index (χ1v) is 8.20. The first-order chi connectivity index (χ1) is 11.5. The summed E-state index contributed by atoms with van der Waals surface area (Å²) in [7, 11) is 0. The van der Waals surface area contributed by atoms with Crippen LogP contribution < -0.4 is 9.47 Å². The monoisotopic (exact) mass is 393 g/mol. The number of carbonyl (C=O) groups excluding carboxylic acids is 1. The van der Waals surface area contributed by atoms with Crippen LogP contribution >= 0.6 is 15.9 Å². The Kier molecular flexibility index (Phi) is 6.31. The Labute approximate surface area is 147 Å². The highest BCUT2D eigenvalue weighted by Gasteiger charge is 2.18. The number of ether oxygens (including phenoxy) is 2. The molecule has 2 rings (SSSR count). The molecule has 0 aromatic heterocycles. The summed E-state index contributed by atoms with van der Waals surface area (Å²) in [5.74, 6) is -0.136. The van der Waals surface area contributed by atoms with Crippen LogP contribution in [0.15, 0.2) is 46.9 Å². The van der Waals surface area contributed by atoms with E-state index in [4.69, 9.17) is 9.47 Å². The molecule has 0 spiro atoms. The van der Waals surface area contributed by atoms with Crippen LogP contribution in [0.3, 0.4) is 0 Å². The van der Waals surface area contributed by atoms with Crippen molar-refractivity contribution in [3.63, 3.8) is 0 Å². The normalized spacial score (nSPS) is 10.2. The molecule has 0 aliphatic heterocycles. The molecule has 0 bridgehead atoms. The lowest BCUT2D eigenvalue weighted by Gasteiger charge is -2.09. The van der Waals surface area contributed by atoms with Crippen molar-refractivity contribution in [2.45, 2.75) is 19.8 Å². The number of hydrogen-bond donors (Lipinski definition) is 0. The van der Waals surface area contributed by atoms with E-state index in [1.165, 1.54) is 18.2 Å². The fraction of sp³-hybridized carbons (Fsp3) is 0.235. The Hall–Kier alpha value is -2.41. The fourth-order valence-corrected chi connectivity index (χ4v) is 2.42. The van der Waals surface area contributed by atoms with Gasteiger partial charge in [-0.1, -0.05) is 25.5 Å². The molecule has 0 N–H and O–H groups in total. The van der Waals surface area contributed by atoms with Gasteiger partial charge in [-0.2, -0.15) is 0 Å². The second kappa shape index (κ2) is 8.44. The van der Waals surface area contributed by atoms with Crippen LogP contribution in [0.2, 0.25) is 0 Å². The lowest BCUT2D eigenvalue weighted by molar-refractivity contribution is -0.385. The van der Waals surface area contributed by atoms with Gasteiger partial charge in [0.15, 0.2) is 0 Å². The maximum absolute atomic E-state index is 12.2. The summed E-state index contributed by atoms with van der Waals surface area (Å²) >= 11 is 3.35. The maximum atomic E-state index is 12.2. The average Bonchev–Trinajstić information content (AvgIpc) is 2.56. The number of benzene rings is 2. The SMILES string of the molecule is CCCCOc1ccc(C(=O)Oc2ccccc2[N+](=O)[O-])cc1Br. The zero-order valence-corrected chi connectivity index (χ0v) is 14.6. The Morgan fingerprint density at radius 1 is 1.21 bits per heavy atom. The molecule has 24 heavy (non-hydrogen) atoms. The lowest BCUT2D eigenvalue weighted by atomic mass is 10.2. The highest BCUT2D eigenvalue weighted by Crippen LogP contribution is 2.29. The van der Waals surface area contributed by atoms with Crippen LogP contribution in [-0.2, 0) is 0 Å². The molecule has 7 heteroatoms. The van der Waals surface area contributed by atoms with Crippen LogP contribution in [-0.4, -0.2) is 17.5 Å². The summed E-state index contributed by atoms with van der Waals surface area (Å²) in [6, 6.07) is 10.5. The Balaban J connectivity index is 2.13. The van der Waals surface area contributed by atoms with Crippen molar-refractivity contribution in [3.05, 3.63) is 62.6 Å². The van der Waals surface area contributed by atoms with Gasteiger partial charge in [0, 0.05) is 6.07 Å². The van der Waals surface area contributed by atoms with E-state index in [2.05, 4.69) is 22.9 Å². The molecule has 0 atom stereocenters. The van der Waals surface area contributed by atoms with E-state index in [-0.39, 0.29) is 17.0 Å². The molecule has 0 saturated carbocycles. The standard InChI is InChI=1S/C17H16BrNO5/c1-2-3-10-23-15-9-8-12(11-13(15)18)17(20)24-16-7-5-4-6-14(16)19(21)22/h4-9,11H,2-3,10H2,1H3. The summed E-state index contributed by atoms with van der Waals surface area (Å²) in [6.45, 7) is 2.66. The maximum Gasteiger partial charge on any atom is 0.343 e. The molecule has 0 fully saturated rings. The fourth-order valence-electron chi connectivity index (χ4n) is 1.92. The van der Waals surface area contributed by atoms with Gasteiger partial charge in [-0.15, -0.1) is 0 Å². The molecule has 0 heterocycles. The van der Waals surface area contributed by atoms with Gasteiger partial charge in [-0.3, -0.25) is 10.1 Å². The van der Waals surface area contributed by atoms with Crippen LogP contribution in [0, 0.1) is 10.1 Å². The largest absolute Gasteiger partial charge is 0.492 e. The number of rotatable bonds is 7. The van der Waals surface area contributed by atoms with Gasteiger partial charge in [0.2, 0.25) is 5.75 Å². The van der Waals surface area contributed by atoms with Crippen molar-refractivity contribution in [2.75, 3.05) is 6.61 Å². The molecule has 0 aliphatic rings. The Morgan fingerprint density at radius 3 is 2.62 bits per heavy atom. The lowest BCUT2D eigenvalue weighted by Crippen LogP contribution is -2.10. The van der Waals surface area contributed by atoms with E-state index < -0.39 is 10.9 Å². The van der Waals surface area contributed by atoms with Gasteiger partial charge in [0.05, 0.1) is 21.6 Å². The zero-order chi connectivity index (χ0) is 17.5. The number of nitrogens with zero attached hydrogens (tertiary/aromatic N) is 1. The van der Waals surface area contributed by atoms with E-state index in [1.54, 1.807) is 24.3 Å². The van der Waals surface area contributed by atoms with Crippen LogP contribution in [0.1, 0.15) is 30.1 Å². The summed E-state index contributed by atoms with van der Waals surface area (Å²) in [6.07, 6.45) is 1.96. The molecule has 2 aromatic carbocycles. The number of unbranched alkanes of at least 4 members (excludes halogenated alkanes) is 1. The van der Waals surface area contributed by atoms with E-state index in [0.29, 0.717) is 16.8 Å². The third kappa shape index (κ3) is 4.55. The van der Waals surface area contributed by atoms with Gasteiger partial charge >= 0.3 is 11.7 Å². The molecule has 0 amide bonds. The number of hydrogen-bond acceptors (Lipinski definition) is 5. The summed E-state index contributed by atoms with van der Waals surface area (Å²) in [4.78, 5) is 22.6. The number of para-hydroxylation sites is 2. The number of nitro benzene ring substituents is 1. The molecule has 0 unspecified atom stereocenters. The second-order valence-electron chi connectivity index (χ2n) is 4.96.